The lowest BCUT2D eigenvalue weighted by molar-refractivity contribution is -0.149. The summed E-state index contributed by atoms with van der Waals surface area (Å²) in [5.41, 5.74) is 1.40. The smallest absolute Gasteiger partial charge is 0.356 e. The van der Waals surface area contributed by atoms with Gasteiger partial charge >= 0.3 is 5.97 Å². The van der Waals surface area contributed by atoms with E-state index in [1.165, 1.54) is 0 Å². The third-order valence-corrected chi connectivity index (χ3v) is 3.99. The standard InChI is InChI=1S/C12H10N2O4/c1-14-4-5-9(15)12(5)7(14)3-2-6-8(12)13-10(18-6)11(16)17/h3-4,6,10H,2H2,1H3,(H,16,17). The highest BCUT2D eigenvalue weighted by molar-refractivity contribution is 6.40. The van der Waals surface area contributed by atoms with E-state index in [1.54, 1.807) is 6.20 Å². The first-order chi connectivity index (χ1) is 8.56. The molecule has 0 radical (unpaired) electrons. The fourth-order valence-electron chi connectivity index (χ4n) is 3.19. The lowest BCUT2D eigenvalue weighted by Gasteiger charge is -2.27. The van der Waals surface area contributed by atoms with Gasteiger partial charge in [-0.3, -0.25) is 4.79 Å². The number of ether oxygens (including phenoxy) is 1. The first kappa shape index (κ1) is 10.0. The Morgan fingerprint density at radius 1 is 1.67 bits per heavy atom. The first-order valence-electron chi connectivity index (χ1n) is 5.74. The highest BCUT2D eigenvalue weighted by atomic mass is 16.5. The van der Waals surface area contributed by atoms with E-state index in [-0.39, 0.29) is 11.9 Å². The molecule has 18 heavy (non-hydrogen) atoms. The highest BCUT2D eigenvalue weighted by Crippen LogP contribution is 2.62. The maximum atomic E-state index is 12.0. The molecule has 4 rings (SSSR count). The average Bonchev–Trinajstić information content (AvgIpc) is 2.72. The number of hydrogen-bond acceptors (Lipinski definition) is 5. The summed E-state index contributed by atoms with van der Waals surface area (Å²) in [6.45, 7) is 0. The van der Waals surface area contributed by atoms with Crippen LogP contribution in [0.4, 0.5) is 0 Å². The number of allylic oxidation sites excluding steroid dienone is 1. The van der Waals surface area contributed by atoms with Gasteiger partial charge in [0.15, 0.2) is 5.78 Å². The Bertz CT molecular complexity index is 603. The minimum Gasteiger partial charge on any atom is -0.478 e. The van der Waals surface area contributed by atoms with E-state index in [2.05, 4.69) is 4.99 Å². The molecule has 0 aromatic heterocycles. The number of carboxylic acid groups (broad SMARTS) is 1. The van der Waals surface area contributed by atoms with E-state index in [0.29, 0.717) is 17.7 Å². The van der Waals surface area contributed by atoms with Crippen LogP contribution < -0.4 is 0 Å². The quantitative estimate of drug-likeness (QED) is 0.700. The Kier molecular flexibility index (Phi) is 1.51. The number of aliphatic imine (C=N–C) groups is 1. The second-order valence-corrected chi connectivity index (χ2v) is 4.89. The molecule has 0 aromatic rings. The molecule has 0 aromatic carbocycles. The molecule has 0 bridgehead atoms. The van der Waals surface area contributed by atoms with Gasteiger partial charge in [-0.15, -0.1) is 0 Å². The number of hydrogen-bond donors (Lipinski definition) is 1. The fourth-order valence-corrected chi connectivity index (χ4v) is 3.19. The van der Waals surface area contributed by atoms with Crippen molar-refractivity contribution in [1.82, 2.24) is 4.90 Å². The average molecular weight is 246 g/mol. The monoisotopic (exact) mass is 246 g/mol. The molecule has 0 amide bonds. The summed E-state index contributed by atoms with van der Waals surface area (Å²) in [4.78, 5) is 29.0. The van der Waals surface area contributed by atoms with Crippen LogP contribution in [0.15, 0.2) is 28.5 Å². The van der Waals surface area contributed by atoms with Gasteiger partial charge in [-0.05, 0) is 6.42 Å². The fraction of sp³-hybridized carbons (Fsp3) is 0.417. The molecule has 6 nitrogen and oxygen atoms in total. The zero-order valence-electron chi connectivity index (χ0n) is 9.58. The summed E-state index contributed by atoms with van der Waals surface area (Å²) >= 11 is 0. The summed E-state index contributed by atoms with van der Waals surface area (Å²) in [5, 5.41) is 8.96. The van der Waals surface area contributed by atoms with Gasteiger partial charge in [-0.25, -0.2) is 9.79 Å². The van der Waals surface area contributed by atoms with E-state index in [4.69, 9.17) is 9.84 Å². The van der Waals surface area contributed by atoms with Gasteiger partial charge in [0.2, 0.25) is 6.23 Å². The van der Waals surface area contributed by atoms with E-state index < -0.39 is 17.6 Å². The zero-order valence-corrected chi connectivity index (χ0v) is 9.58. The van der Waals surface area contributed by atoms with E-state index in [9.17, 15) is 9.59 Å². The Morgan fingerprint density at radius 3 is 3.17 bits per heavy atom. The lowest BCUT2D eigenvalue weighted by Crippen LogP contribution is -2.37. The number of carboxylic acids is 1. The predicted octanol–water partition coefficient (Wildman–Crippen LogP) is -0.0771. The molecule has 2 aliphatic heterocycles. The molecule has 2 aliphatic carbocycles. The molecular weight excluding hydrogens is 236 g/mol. The maximum Gasteiger partial charge on any atom is 0.356 e. The van der Waals surface area contributed by atoms with E-state index in [0.717, 1.165) is 5.70 Å². The molecular formula is C12H10N2O4. The van der Waals surface area contributed by atoms with Gasteiger partial charge in [0.05, 0.1) is 5.71 Å². The Labute approximate surface area is 102 Å². The molecule has 0 saturated heterocycles. The van der Waals surface area contributed by atoms with Crippen LogP contribution in [0.2, 0.25) is 0 Å². The van der Waals surface area contributed by atoms with Crippen LogP contribution in [0.25, 0.3) is 0 Å². The summed E-state index contributed by atoms with van der Waals surface area (Å²) < 4.78 is 5.36. The third kappa shape index (κ3) is 0.850. The van der Waals surface area contributed by atoms with Gasteiger partial charge in [-0.2, -0.15) is 0 Å². The van der Waals surface area contributed by atoms with E-state index >= 15 is 0 Å². The molecule has 1 N–H and O–H groups in total. The third-order valence-electron chi connectivity index (χ3n) is 3.99. The van der Waals surface area contributed by atoms with Crippen LogP contribution >= 0.6 is 0 Å². The molecule has 2 heterocycles. The summed E-state index contributed by atoms with van der Waals surface area (Å²) in [5.74, 6) is -1.08. The maximum absolute atomic E-state index is 12.0. The summed E-state index contributed by atoms with van der Waals surface area (Å²) in [7, 11) is 1.88. The number of rotatable bonds is 1. The molecule has 92 valence electrons. The van der Waals surface area contributed by atoms with Crippen LogP contribution in [0.5, 0.6) is 0 Å². The van der Waals surface area contributed by atoms with Crippen molar-refractivity contribution in [1.29, 1.82) is 0 Å². The molecule has 1 saturated carbocycles. The Hall–Kier alpha value is -1.95. The SMILES string of the molecule is CN1C=C2C(=O)C23C1=CCC1OC(C(=O)O)N=C13. The molecule has 1 fully saturated rings. The number of Topliss-reactive ketones (excluding diaryl/α,β-unsaturated/α-hetero) is 1. The van der Waals surface area contributed by atoms with Crippen LogP contribution in [-0.4, -0.2) is 46.9 Å². The lowest BCUT2D eigenvalue weighted by atomic mass is 9.85. The second-order valence-electron chi connectivity index (χ2n) is 4.89. The van der Waals surface area contributed by atoms with Crippen molar-refractivity contribution in [3.8, 4) is 0 Å². The Balaban J connectivity index is 1.86. The predicted molar refractivity (Wildman–Crippen MR) is 59.7 cm³/mol. The highest BCUT2D eigenvalue weighted by Gasteiger charge is 2.73. The first-order valence-corrected chi connectivity index (χ1v) is 5.74. The number of nitrogens with zero attached hydrogens (tertiary/aromatic N) is 2. The van der Waals surface area contributed by atoms with Crippen LogP contribution in [0.1, 0.15) is 6.42 Å². The minimum absolute atomic E-state index is 0.0324. The van der Waals surface area contributed by atoms with Gasteiger partial charge in [-0.1, -0.05) is 6.08 Å². The molecule has 1 spiro atoms. The molecule has 4 aliphatic rings. The topological polar surface area (TPSA) is 79.2 Å². The second kappa shape index (κ2) is 2.72. The zero-order chi connectivity index (χ0) is 12.7. The van der Waals surface area contributed by atoms with Crippen molar-refractivity contribution in [2.45, 2.75) is 18.8 Å². The van der Waals surface area contributed by atoms with Crippen molar-refractivity contribution in [3.05, 3.63) is 23.5 Å². The van der Waals surface area contributed by atoms with Gasteiger partial charge < -0.3 is 14.7 Å². The summed E-state index contributed by atoms with van der Waals surface area (Å²) in [6.07, 6.45) is 2.76. The normalized spacial score (nSPS) is 39.5. The molecule has 6 heteroatoms. The van der Waals surface area contributed by atoms with Crippen LogP contribution in [-0.2, 0) is 14.3 Å². The number of ketones is 1. The van der Waals surface area contributed by atoms with Gasteiger partial charge in [0.1, 0.15) is 11.5 Å². The molecule has 3 unspecified atom stereocenters. The number of aliphatic carboxylic acids is 1. The van der Waals surface area contributed by atoms with Crippen LogP contribution in [0, 0.1) is 5.41 Å². The van der Waals surface area contributed by atoms with Crippen molar-refractivity contribution in [2.75, 3.05) is 7.05 Å². The van der Waals surface area contributed by atoms with Crippen molar-refractivity contribution in [2.24, 2.45) is 10.4 Å². The van der Waals surface area contributed by atoms with Crippen molar-refractivity contribution >= 4 is 17.5 Å². The Morgan fingerprint density at radius 2 is 2.44 bits per heavy atom. The van der Waals surface area contributed by atoms with Crippen molar-refractivity contribution in [3.63, 3.8) is 0 Å². The number of fused-ring (bicyclic) bond motifs is 1. The van der Waals surface area contributed by atoms with Gasteiger partial charge in [0.25, 0.3) is 0 Å². The van der Waals surface area contributed by atoms with Gasteiger partial charge in [0, 0.05) is 24.5 Å². The minimum atomic E-state index is -1.17. The number of carbonyl (C=O) groups excluding carboxylic acids is 1. The summed E-state index contributed by atoms with van der Waals surface area (Å²) in [6, 6.07) is 0. The van der Waals surface area contributed by atoms with Crippen molar-refractivity contribution < 1.29 is 19.4 Å². The van der Waals surface area contributed by atoms with Crippen LogP contribution in [0.3, 0.4) is 0 Å². The molecule has 3 atom stereocenters. The number of carbonyl (C=O) groups is 2. The largest absolute Gasteiger partial charge is 0.478 e. The van der Waals surface area contributed by atoms with E-state index in [1.807, 2.05) is 18.0 Å².